The number of carboxylic acids is 1. The van der Waals surface area contributed by atoms with Crippen LogP contribution in [0.25, 0.3) is 11.1 Å². The number of carbonyl (C=O) groups excluding carboxylic acids is 2. The van der Waals surface area contributed by atoms with E-state index in [-0.39, 0.29) is 17.7 Å². The van der Waals surface area contributed by atoms with Crippen molar-refractivity contribution in [2.45, 2.75) is 26.3 Å². The molecular weight excluding hydrogens is 320 g/mol. The maximum atomic E-state index is 12.5. The molecule has 2 rings (SSSR count). The highest BCUT2D eigenvalue weighted by Crippen LogP contribution is 2.27. The van der Waals surface area contributed by atoms with Gasteiger partial charge in [-0.3, -0.25) is 9.59 Å². The molecule has 0 heterocycles. The maximum Gasteiger partial charge on any atom is 0.326 e. The number of benzene rings is 2. The molecule has 0 aromatic heterocycles. The number of hydrogen-bond donors (Lipinski definition) is 3. The molecule has 0 spiro atoms. The van der Waals surface area contributed by atoms with Crippen LogP contribution >= 0.6 is 0 Å². The second kappa shape index (κ2) is 7.61. The molecule has 1 atom stereocenters. The number of amides is 1. The fourth-order valence-corrected chi connectivity index (χ4v) is 2.60. The topological polar surface area (TPSA) is 109 Å². The van der Waals surface area contributed by atoms with Gasteiger partial charge in [-0.05, 0) is 35.7 Å². The highest BCUT2D eigenvalue weighted by molar-refractivity contribution is 6.04. The van der Waals surface area contributed by atoms with E-state index < -0.39 is 23.7 Å². The van der Waals surface area contributed by atoms with Crippen molar-refractivity contribution in [2.75, 3.05) is 5.73 Å². The number of nitrogen functional groups attached to an aromatic ring is 1. The smallest absolute Gasteiger partial charge is 0.326 e. The van der Waals surface area contributed by atoms with E-state index in [1.54, 1.807) is 12.1 Å². The number of ketones is 1. The largest absolute Gasteiger partial charge is 0.480 e. The van der Waals surface area contributed by atoms with Gasteiger partial charge in [0.05, 0.1) is 0 Å². The molecule has 0 aliphatic carbocycles. The minimum absolute atomic E-state index is 0.248. The van der Waals surface area contributed by atoms with E-state index in [1.165, 1.54) is 6.92 Å². The van der Waals surface area contributed by atoms with E-state index in [4.69, 9.17) is 10.8 Å². The highest BCUT2D eigenvalue weighted by atomic mass is 16.4. The monoisotopic (exact) mass is 340 g/mol. The molecule has 1 unspecified atom stereocenters. The van der Waals surface area contributed by atoms with Gasteiger partial charge in [-0.2, -0.15) is 0 Å². The van der Waals surface area contributed by atoms with Gasteiger partial charge in [0.1, 0.15) is 6.04 Å². The molecule has 130 valence electrons. The molecule has 4 N–H and O–H groups in total. The van der Waals surface area contributed by atoms with Gasteiger partial charge < -0.3 is 16.2 Å². The average Bonchev–Trinajstić information content (AvgIpc) is 2.54. The summed E-state index contributed by atoms with van der Waals surface area (Å²) in [7, 11) is 0. The zero-order valence-corrected chi connectivity index (χ0v) is 14.1. The first-order valence-corrected chi connectivity index (χ1v) is 7.78. The second-order valence-electron chi connectivity index (χ2n) is 5.84. The number of aryl methyl sites for hydroxylation is 1. The number of rotatable bonds is 6. The zero-order valence-electron chi connectivity index (χ0n) is 14.1. The van der Waals surface area contributed by atoms with Crippen molar-refractivity contribution in [1.29, 1.82) is 0 Å². The van der Waals surface area contributed by atoms with E-state index >= 15 is 0 Å². The van der Waals surface area contributed by atoms with E-state index in [2.05, 4.69) is 5.32 Å². The van der Waals surface area contributed by atoms with Gasteiger partial charge in [0.25, 0.3) is 0 Å². The molecular formula is C19H20N2O4. The Hall–Kier alpha value is -3.15. The quantitative estimate of drug-likeness (QED) is 0.552. The Bertz CT molecular complexity index is 830. The summed E-state index contributed by atoms with van der Waals surface area (Å²) in [6.07, 6.45) is -0.365. The highest BCUT2D eigenvalue weighted by Gasteiger charge is 2.24. The number of aliphatic carboxylic acids is 1. The third-order valence-corrected chi connectivity index (χ3v) is 3.87. The summed E-state index contributed by atoms with van der Waals surface area (Å²) in [5.41, 5.74) is 9.26. The molecule has 6 nitrogen and oxygen atoms in total. The van der Waals surface area contributed by atoms with Gasteiger partial charge in [0.15, 0.2) is 5.78 Å². The van der Waals surface area contributed by atoms with Crippen molar-refractivity contribution in [3.05, 3.63) is 53.6 Å². The van der Waals surface area contributed by atoms with Gasteiger partial charge in [-0.1, -0.05) is 30.3 Å². The molecule has 0 aliphatic rings. The first-order chi connectivity index (χ1) is 11.8. The Morgan fingerprint density at radius 1 is 1.16 bits per heavy atom. The van der Waals surface area contributed by atoms with Crippen molar-refractivity contribution < 1.29 is 19.5 Å². The first kappa shape index (κ1) is 18.2. The molecule has 0 saturated heterocycles. The number of Topliss-reactive ketones (excluding diaryl/α,β-unsaturated/α-hetero) is 1. The van der Waals surface area contributed by atoms with Crippen LogP contribution in [-0.2, 0) is 9.59 Å². The van der Waals surface area contributed by atoms with Crippen LogP contribution in [0.4, 0.5) is 5.69 Å². The standard InChI is InChI=1S/C19H20N2O4/c1-11-5-3-4-6-14(11)13-7-8-16(20)15(9-13)18(23)10-17(19(24)25)21-12(2)22/h3-9,17H,10,20H2,1-2H3,(H,21,22)(H,24,25). The SMILES string of the molecule is CC(=O)NC(CC(=O)c1cc(-c2ccccc2C)ccc1N)C(=O)O. The Morgan fingerprint density at radius 2 is 1.84 bits per heavy atom. The maximum absolute atomic E-state index is 12.5. The molecule has 0 fully saturated rings. The van der Waals surface area contributed by atoms with Gasteiger partial charge in [0, 0.05) is 24.6 Å². The van der Waals surface area contributed by atoms with Crippen molar-refractivity contribution in [3.8, 4) is 11.1 Å². The summed E-state index contributed by atoms with van der Waals surface area (Å²) in [6.45, 7) is 3.16. The van der Waals surface area contributed by atoms with E-state index in [1.807, 2.05) is 37.3 Å². The van der Waals surface area contributed by atoms with Crippen LogP contribution in [-0.4, -0.2) is 28.8 Å². The van der Waals surface area contributed by atoms with Gasteiger partial charge in [0.2, 0.25) is 5.91 Å². The van der Waals surface area contributed by atoms with E-state index in [9.17, 15) is 14.4 Å². The van der Waals surface area contributed by atoms with Crippen LogP contribution in [0.15, 0.2) is 42.5 Å². The summed E-state index contributed by atoms with van der Waals surface area (Å²) in [4.78, 5) is 34.9. The molecule has 25 heavy (non-hydrogen) atoms. The molecule has 2 aromatic rings. The Balaban J connectivity index is 2.33. The Kier molecular flexibility index (Phi) is 5.54. The van der Waals surface area contributed by atoms with Crippen molar-refractivity contribution in [3.63, 3.8) is 0 Å². The summed E-state index contributed by atoms with van der Waals surface area (Å²) < 4.78 is 0. The lowest BCUT2D eigenvalue weighted by Crippen LogP contribution is -2.41. The predicted molar refractivity (Wildman–Crippen MR) is 95.2 cm³/mol. The van der Waals surface area contributed by atoms with Crippen LogP contribution in [0, 0.1) is 6.92 Å². The molecule has 0 radical (unpaired) electrons. The number of hydrogen-bond acceptors (Lipinski definition) is 4. The molecule has 6 heteroatoms. The summed E-state index contributed by atoms with van der Waals surface area (Å²) in [5.74, 6) is -2.21. The van der Waals surface area contributed by atoms with Crippen LogP contribution in [0.1, 0.15) is 29.3 Å². The minimum atomic E-state index is -1.29. The van der Waals surface area contributed by atoms with Gasteiger partial charge in [-0.25, -0.2) is 4.79 Å². The number of carboxylic acid groups (broad SMARTS) is 1. The van der Waals surface area contributed by atoms with Crippen molar-refractivity contribution in [1.82, 2.24) is 5.32 Å². The normalized spacial score (nSPS) is 11.6. The second-order valence-corrected chi connectivity index (χ2v) is 5.84. The number of nitrogens with one attached hydrogen (secondary N) is 1. The Morgan fingerprint density at radius 3 is 2.44 bits per heavy atom. The van der Waals surface area contributed by atoms with Crippen LogP contribution in [0.5, 0.6) is 0 Å². The number of nitrogens with two attached hydrogens (primary N) is 1. The van der Waals surface area contributed by atoms with Crippen molar-refractivity contribution >= 4 is 23.3 Å². The van der Waals surface area contributed by atoms with Crippen molar-refractivity contribution in [2.24, 2.45) is 0 Å². The zero-order chi connectivity index (χ0) is 18.6. The van der Waals surface area contributed by atoms with E-state index in [0.717, 1.165) is 16.7 Å². The third kappa shape index (κ3) is 4.44. The fourth-order valence-electron chi connectivity index (χ4n) is 2.60. The minimum Gasteiger partial charge on any atom is -0.480 e. The van der Waals surface area contributed by atoms with Crippen LogP contribution in [0.3, 0.4) is 0 Å². The summed E-state index contributed by atoms with van der Waals surface area (Å²) in [5, 5.41) is 11.4. The van der Waals surface area contributed by atoms with E-state index in [0.29, 0.717) is 0 Å². The summed E-state index contributed by atoms with van der Waals surface area (Å²) >= 11 is 0. The third-order valence-electron chi connectivity index (χ3n) is 3.87. The van der Waals surface area contributed by atoms with Crippen LogP contribution in [0.2, 0.25) is 0 Å². The molecule has 0 bridgehead atoms. The molecule has 0 aliphatic heterocycles. The first-order valence-electron chi connectivity index (χ1n) is 7.78. The number of anilines is 1. The lowest BCUT2D eigenvalue weighted by molar-refractivity contribution is -0.141. The van der Waals surface area contributed by atoms with Crippen LogP contribution < -0.4 is 11.1 Å². The Labute approximate surface area is 145 Å². The average molecular weight is 340 g/mol. The molecule has 0 saturated carbocycles. The molecule has 1 amide bonds. The lowest BCUT2D eigenvalue weighted by atomic mass is 9.95. The lowest BCUT2D eigenvalue weighted by Gasteiger charge is -2.14. The predicted octanol–water partition coefficient (Wildman–Crippen LogP) is 2.41. The molecule has 2 aromatic carbocycles. The fraction of sp³-hybridized carbons (Fsp3) is 0.211. The van der Waals surface area contributed by atoms with Gasteiger partial charge >= 0.3 is 5.97 Å². The van der Waals surface area contributed by atoms with Gasteiger partial charge in [-0.15, -0.1) is 0 Å². The summed E-state index contributed by atoms with van der Waals surface area (Å²) in [6, 6.07) is 11.5. The number of carbonyl (C=O) groups is 3.